The van der Waals surface area contributed by atoms with Gasteiger partial charge in [-0.15, -0.1) is 10.2 Å². The van der Waals surface area contributed by atoms with Crippen molar-refractivity contribution in [1.29, 1.82) is 0 Å². The molecular formula is C13H20N4S. The van der Waals surface area contributed by atoms with Gasteiger partial charge in [0.05, 0.1) is 0 Å². The maximum absolute atomic E-state index is 4.39. The smallest absolute Gasteiger partial charge is 0.256 e. The molecular weight excluding hydrogens is 244 g/mol. The molecule has 0 saturated carbocycles. The zero-order valence-electron chi connectivity index (χ0n) is 11.3. The van der Waals surface area contributed by atoms with Gasteiger partial charge in [0, 0.05) is 17.1 Å². The van der Waals surface area contributed by atoms with Crippen LogP contribution in [0.25, 0.3) is 5.78 Å². The van der Waals surface area contributed by atoms with Gasteiger partial charge in [-0.3, -0.25) is 4.40 Å². The predicted molar refractivity (Wildman–Crippen MR) is 75.1 cm³/mol. The first-order chi connectivity index (χ1) is 8.72. The van der Waals surface area contributed by atoms with Crippen LogP contribution < -0.4 is 0 Å². The van der Waals surface area contributed by atoms with Crippen LogP contribution >= 0.6 is 11.8 Å². The molecule has 0 saturated heterocycles. The van der Waals surface area contributed by atoms with Gasteiger partial charge in [0.25, 0.3) is 5.78 Å². The molecule has 2 rings (SSSR count). The lowest BCUT2D eigenvalue weighted by Gasteiger charge is -2.03. The molecule has 0 amide bonds. The van der Waals surface area contributed by atoms with Gasteiger partial charge in [0.2, 0.25) is 0 Å². The maximum atomic E-state index is 4.39. The van der Waals surface area contributed by atoms with Crippen LogP contribution in [-0.4, -0.2) is 25.3 Å². The predicted octanol–water partition coefficient (Wildman–Crippen LogP) is 3.41. The van der Waals surface area contributed by atoms with Crippen LogP contribution in [0.5, 0.6) is 0 Å². The summed E-state index contributed by atoms with van der Waals surface area (Å²) in [4.78, 5) is 4.39. The Labute approximate surface area is 112 Å². The number of nitrogens with zero attached hydrogens (tertiary/aromatic N) is 4. The van der Waals surface area contributed by atoms with Crippen LogP contribution in [0.4, 0.5) is 0 Å². The third-order valence-electron chi connectivity index (χ3n) is 2.89. The monoisotopic (exact) mass is 264 g/mol. The van der Waals surface area contributed by atoms with Crippen LogP contribution in [-0.2, 0) is 0 Å². The molecule has 2 aromatic heterocycles. The summed E-state index contributed by atoms with van der Waals surface area (Å²) < 4.78 is 2.04. The minimum Gasteiger partial charge on any atom is -0.259 e. The molecule has 5 heteroatoms. The standard InChI is InChI=1S/C13H20N4S/c1-4-5-6-7-8-18-13-16-15-12-14-10(2)9-11(3)17(12)13/h9H,4-8H2,1-3H3. The van der Waals surface area contributed by atoms with Gasteiger partial charge in [-0.2, -0.15) is 0 Å². The van der Waals surface area contributed by atoms with Crippen LogP contribution in [0.15, 0.2) is 11.2 Å². The molecule has 0 N–H and O–H groups in total. The molecule has 0 spiro atoms. The van der Waals surface area contributed by atoms with Crippen molar-refractivity contribution >= 4 is 17.5 Å². The van der Waals surface area contributed by atoms with Crippen molar-refractivity contribution in [3.05, 3.63) is 17.5 Å². The number of rotatable bonds is 6. The van der Waals surface area contributed by atoms with Gasteiger partial charge >= 0.3 is 0 Å². The lowest BCUT2D eigenvalue weighted by Crippen LogP contribution is -1.97. The van der Waals surface area contributed by atoms with Gasteiger partial charge in [0.1, 0.15) is 0 Å². The first kappa shape index (κ1) is 13.3. The number of aryl methyl sites for hydroxylation is 2. The highest BCUT2D eigenvalue weighted by Gasteiger charge is 2.09. The summed E-state index contributed by atoms with van der Waals surface area (Å²) in [7, 11) is 0. The molecule has 0 aliphatic carbocycles. The van der Waals surface area contributed by atoms with E-state index in [0.29, 0.717) is 5.78 Å². The van der Waals surface area contributed by atoms with Crippen molar-refractivity contribution in [2.75, 3.05) is 5.75 Å². The second kappa shape index (κ2) is 6.18. The molecule has 0 aliphatic heterocycles. The third-order valence-corrected chi connectivity index (χ3v) is 3.91. The lowest BCUT2D eigenvalue weighted by atomic mass is 10.2. The molecule has 2 aromatic rings. The van der Waals surface area contributed by atoms with Crippen molar-refractivity contribution in [2.24, 2.45) is 0 Å². The summed E-state index contributed by atoms with van der Waals surface area (Å²) in [6.45, 7) is 6.29. The normalized spacial score (nSPS) is 11.3. The van der Waals surface area contributed by atoms with Crippen LogP contribution in [0.2, 0.25) is 0 Å². The van der Waals surface area contributed by atoms with E-state index in [-0.39, 0.29) is 0 Å². The number of hydrogen-bond acceptors (Lipinski definition) is 4. The highest BCUT2D eigenvalue weighted by atomic mass is 32.2. The molecule has 98 valence electrons. The zero-order valence-corrected chi connectivity index (χ0v) is 12.1. The number of thioether (sulfide) groups is 1. The van der Waals surface area contributed by atoms with E-state index in [1.807, 2.05) is 11.3 Å². The van der Waals surface area contributed by atoms with Crippen molar-refractivity contribution in [3.8, 4) is 0 Å². The van der Waals surface area contributed by atoms with Gasteiger partial charge in [0.15, 0.2) is 5.16 Å². The first-order valence-electron chi connectivity index (χ1n) is 6.54. The fraction of sp³-hybridized carbons (Fsp3) is 0.615. The molecule has 0 unspecified atom stereocenters. The van der Waals surface area contributed by atoms with Crippen molar-refractivity contribution in [1.82, 2.24) is 19.6 Å². The molecule has 0 fully saturated rings. The molecule has 2 heterocycles. The summed E-state index contributed by atoms with van der Waals surface area (Å²) >= 11 is 1.78. The molecule has 4 nitrogen and oxygen atoms in total. The molecule has 0 bridgehead atoms. The van der Waals surface area contributed by atoms with E-state index in [0.717, 1.165) is 22.3 Å². The Bertz CT molecular complexity index is 521. The average molecular weight is 264 g/mol. The van der Waals surface area contributed by atoms with Crippen LogP contribution in [0, 0.1) is 13.8 Å². The minimum atomic E-state index is 0.712. The second-order valence-corrected chi connectivity index (χ2v) is 5.63. The quantitative estimate of drug-likeness (QED) is 0.592. The largest absolute Gasteiger partial charge is 0.259 e. The highest BCUT2D eigenvalue weighted by Crippen LogP contribution is 2.20. The number of unbranched alkanes of at least 4 members (excludes halogenated alkanes) is 3. The summed E-state index contributed by atoms with van der Waals surface area (Å²) in [6, 6.07) is 2.07. The summed E-state index contributed by atoms with van der Waals surface area (Å²) in [6.07, 6.45) is 5.14. The van der Waals surface area contributed by atoms with E-state index in [2.05, 4.69) is 35.1 Å². The first-order valence-corrected chi connectivity index (χ1v) is 7.53. The SMILES string of the molecule is CCCCCCSc1nnc2nc(C)cc(C)n12. The van der Waals surface area contributed by atoms with E-state index in [4.69, 9.17) is 0 Å². The van der Waals surface area contributed by atoms with E-state index < -0.39 is 0 Å². The Morgan fingerprint density at radius 1 is 1.17 bits per heavy atom. The maximum Gasteiger partial charge on any atom is 0.256 e. The molecule has 0 aromatic carbocycles. The number of aromatic nitrogens is 4. The van der Waals surface area contributed by atoms with Crippen molar-refractivity contribution in [3.63, 3.8) is 0 Å². The molecule has 0 aliphatic rings. The topological polar surface area (TPSA) is 43.1 Å². The Kier molecular flexibility index (Phi) is 4.58. The van der Waals surface area contributed by atoms with Gasteiger partial charge < -0.3 is 0 Å². The van der Waals surface area contributed by atoms with E-state index in [1.165, 1.54) is 25.7 Å². The average Bonchev–Trinajstić information content (AvgIpc) is 2.72. The van der Waals surface area contributed by atoms with E-state index in [9.17, 15) is 0 Å². The van der Waals surface area contributed by atoms with Gasteiger partial charge in [-0.1, -0.05) is 37.9 Å². The second-order valence-electron chi connectivity index (χ2n) is 4.57. The van der Waals surface area contributed by atoms with Crippen LogP contribution in [0.1, 0.15) is 44.0 Å². The highest BCUT2D eigenvalue weighted by molar-refractivity contribution is 7.99. The van der Waals surface area contributed by atoms with Crippen LogP contribution in [0.3, 0.4) is 0 Å². The van der Waals surface area contributed by atoms with E-state index in [1.54, 1.807) is 11.8 Å². The molecule has 0 atom stereocenters. The summed E-state index contributed by atoms with van der Waals surface area (Å²) in [5, 5.41) is 9.33. The van der Waals surface area contributed by atoms with Crippen molar-refractivity contribution < 1.29 is 0 Å². The zero-order chi connectivity index (χ0) is 13.0. The Morgan fingerprint density at radius 3 is 2.78 bits per heavy atom. The third kappa shape index (κ3) is 3.02. The number of hydrogen-bond donors (Lipinski definition) is 0. The number of fused-ring (bicyclic) bond motifs is 1. The lowest BCUT2D eigenvalue weighted by molar-refractivity contribution is 0.705. The summed E-state index contributed by atoms with van der Waals surface area (Å²) in [5.74, 6) is 1.82. The minimum absolute atomic E-state index is 0.712. The van der Waals surface area contributed by atoms with E-state index >= 15 is 0 Å². The Balaban J connectivity index is 2.05. The fourth-order valence-corrected chi connectivity index (χ4v) is 2.97. The molecule has 18 heavy (non-hydrogen) atoms. The van der Waals surface area contributed by atoms with Crippen molar-refractivity contribution in [2.45, 2.75) is 51.6 Å². The molecule has 0 radical (unpaired) electrons. The Hall–Kier alpha value is -1.10. The van der Waals surface area contributed by atoms with Gasteiger partial charge in [-0.05, 0) is 26.3 Å². The fourth-order valence-electron chi connectivity index (χ4n) is 1.99. The Morgan fingerprint density at radius 2 is 2.00 bits per heavy atom. The summed E-state index contributed by atoms with van der Waals surface area (Å²) in [5.41, 5.74) is 2.14. The van der Waals surface area contributed by atoms with Gasteiger partial charge in [-0.25, -0.2) is 4.98 Å².